The molecule has 2 rings (SSSR count). The number of rotatable bonds is 4. The van der Waals surface area contributed by atoms with Gasteiger partial charge in [0.05, 0.1) is 12.2 Å². The maximum Gasteiger partial charge on any atom is 0.254 e. The Bertz CT molecular complexity index is 688. The van der Waals surface area contributed by atoms with E-state index in [0.29, 0.717) is 11.5 Å². The number of furan rings is 1. The van der Waals surface area contributed by atoms with Gasteiger partial charge in [-0.25, -0.2) is 13.4 Å². The summed E-state index contributed by atoms with van der Waals surface area (Å²) in [4.78, 5) is 3.94. The van der Waals surface area contributed by atoms with E-state index in [9.17, 15) is 8.42 Å². The summed E-state index contributed by atoms with van der Waals surface area (Å²) >= 11 is 0.972. The smallest absolute Gasteiger partial charge is 0.254 e. The van der Waals surface area contributed by atoms with Crippen molar-refractivity contribution in [1.29, 1.82) is 0 Å². The molecule has 0 unspecified atom stereocenters. The first kappa shape index (κ1) is 14.0. The molecule has 6 nitrogen and oxygen atoms in total. The fourth-order valence-electron chi connectivity index (χ4n) is 1.66. The highest BCUT2D eigenvalue weighted by Crippen LogP contribution is 2.28. The van der Waals surface area contributed by atoms with Crippen LogP contribution in [0.1, 0.15) is 17.2 Å². The van der Waals surface area contributed by atoms with Gasteiger partial charge in [0.1, 0.15) is 11.5 Å². The number of nitrogens with zero attached hydrogens (tertiary/aromatic N) is 2. The number of thiazole rings is 1. The lowest BCUT2D eigenvalue weighted by Gasteiger charge is -2.14. The molecule has 8 heteroatoms. The van der Waals surface area contributed by atoms with Crippen molar-refractivity contribution in [2.24, 2.45) is 0 Å². The summed E-state index contributed by atoms with van der Waals surface area (Å²) < 4.78 is 31.5. The van der Waals surface area contributed by atoms with Gasteiger partial charge in [0.2, 0.25) is 0 Å². The first-order valence-corrected chi connectivity index (χ1v) is 7.81. The lowest BCUT2D eigenvalue weighted by Crippen LogP contribution is -2.26. The summed E-state index contributed by atoms with van der Waals surface area (Å²) in [5, 5.41) is 0.248. The number of anilines is 1. The Morgan fingerprint density at radius 3 is 2.58 bits per heavy atom. The van der Waals surface area contributed by atoms with Crippen LogP contribution in [0, 0.1) is 13.8 Å². The van der Waals surface area contributed by atoms with E-state index >= 15 is 0 Å². The van der Waals surface area contributed by atoms with Crippen LogP contribution in [0.3, 0.4) is 0 Å². The molecule has 0 spiro atoms. The van der Waals surface area contributed by atoms with Gasteiger partial charge in [0.15, 0.2) is 9.34 Å². The number of aromatic nitrogens is 1. The quantitative estimate of drug-likeness (QED) is 0.929. The van der Waals surface area contributed by atoms with Crippen LogP contribution in [-0.4, -0.2) is 24.8 Å². The maximum absolute atomic E-state index is 12.4. The van der Waals surface area contributed by atoms with E-state index < -0.39 is 10.0 Å². The number of nitrogen functional groups attached to an aromatic ring is 1. The molecule has 2 aromatic rings. The number of hydrogen-bond acceptors (Lipinski definition) is 6. The highest BCUT2D eigenvalue weighted by molar-refractivity contribution is 7.91. The van der Waals surface area contributed by atoms with Gasteiger partial charge >= 0.3 is 0 Å². The second-order valence-electron chi connectivity index (χ2n) is 4.20. The van der Waals surface area contributed by atoms with Crippen molar-refractivity contribution in [3.05, 3.63) is 29.3 Å². The van der Waals surface area contributed by atoms with Crippen LogP contribution >= 0.6 is 11.3 Å². The Morgan fingerprint density at radius 2 is 2.11 bits per heavy atom. The largest absolute Gasteiger partial charge is 0.465 e. The summed E-state index contributed by atoms with van der Waals surface area (Å²) in [5.74, 6) is 1.35. The molecule has 0 saturated heterocycles. The monoisotopic (exact) mass is 301 g/mol. The third kappa shape index (κ3) is 2.80. The fraction of sp³-hybridized carbons (Fsp3) is 0.364. The molecule has 0 aromatic carbocycles. The van der Waals surface area contributed by atoms with E-state index in [1.807, 2.05) is 6.92 Å². The van der Waals surface area contributed by atoms with Gasteiger partial charge in [0, 0.05) is 7.05 Å². The van der Waals surface area contributed by atoms with Crippen LogP contribution in [0.15, 0.2) is 20.8 Å². The van der Waals surface area contributed by atoms with Crippen molar-refractivity contribution >= 4 is 26.5 Å². The summed E-state index contributed by atoms with van der Waals surface area (Å²) in [5.41, 5.74) is 5.96. The Hall–Kier alpha value is -1.38. The number of sulfonamides is 1. The summed E-state index contributed by atoms with van der Waals surface area (Å²) in [7, 11) is -2.09. The van der Waals surface area contributed by atoms with Gasteiger partial charge in [-0.2, -0.15) is 4.31 Å². The summed E-state index contributed by atoms with van der Waals surface area (Å²) in [6.07, 6.45) is 0. The molecule has 2 aromatic heterocycles. The molecule has 2 N–H and O–H groups in total. The van der Waals surface area contributed by atoms with Crippen LogP contribution in [-0.2, 0) is 16.6 Å². The van der Waals surface area contributed by atoms with E-state index in [-0.39, 0.29) is 15.9 Å². The Kier molecular flexibility index (Phi) is 3.66. The molecule has 0 bridgehead atoms. The zero-order chi connectivity index (χ0) is 14.2. The first-order valence-electron chi connectivity index (χ1n) is 5.55. The molecule has 0 aliphatic rings. The van der Waals surface area contributed by atoms with Crippen molar-refractivity contribution in [3.8, 4) is 0 Å². The Labute approximate surface area is 115 Å². The minimum atomic E-state index is -3.59. The SMILES string of the molecule is Cc1ccc(CN(C)S(=O)(=O)c2sc(N)nc2C)o1. The topological polar surface area (TPSA) is 89.4 Å². The van der Waals surface area contributed by atoms with Crippen LogP contribution in [0.4, 0.5) is 5.13 Å². The molecule has 0 atom stereocenters. The number of hydrogen-bond donors (Lipinski definition) is 1. The van der Waals surface area contributed by atoms with E-state index in [1.54, 1.807) is 19.1 Å². The van der Waals surface area contributed by atoms with Crippen LogP contribution in [0.5, 0.6) is 0 Å². The number of nitrogens with two attached hydrogens (primary N) is 1. The van der Waals surface area contributed by atoms with Crippen molar-refractivity contribution < 1.29 is 12.8 Å². The zero-order valence-corrected chi connectivity index (χ0v) is 12.5. The van der Waals surface area contributed by atoms with Crippen LogP contribution < -0.4 is 5.73 Å². The van der Waals surface area contributed by atoms with Crippen molar-refractivity contribution in [1.82, 2.24) is 9.29 Å². The lowest BCUT2D eigenvalue weighted by molar-refractivity contribution is 0.398. The van der Waals surface area contributed by atoms with Crippen LogP contribution in [0.2, 0.25) is 0 Å². The minimum absolute atomic E-state index is 0.174. The predicted octanol–water partition coefficient (Wildman–Crippen LogP) is 1.76. The Balaban J connectivity index is 2.27. The highest BCUT2D eigenvalue weighted by atomic mass is 32.2. The molecule has 0 aliphatic heterocycles. The lowest BCUT2D eigenvalue weighted by atomic mass is 10.4. The highest BCUT2D eigenvalue weighted by Gasteiger charge is 2.26. The molecule has 0 saturated carbocycles. The predicted molar refractivity (Wildman–Crippen MR) is 73.4 cm³/mol. The van der Waals surface area contributed by atoms with Crippen LogP contribution in [0.25, 0.3) is 0 Å². The second-order valence-corrected chi connectivity index (χ2v) is 7.47. The molecule has 0 amide bonds. The van der Waals surface area contributed by atoms with E-state index in [0.717, 1.165) is 17.1 Å². The van der Waals surface area contributed by atoms with E-state index in [4.69, 9.17) is 10.2 Å². The average Bonchev–Trinajstić information content (AvgIpc) is 2.85. The van der Waals surface area contributed by atoms with Crippen molar-refractivity contribution in [2.45, 2.75) is 24.6 Å². The third-order valence-electron chi connectivity index (χ3n) is 2.59. The maximum atomic E-state index is 12.4. The molecule has 104 valence electrons. The number of aryl methyl sites for hydroxylation is 2. The minimum Gasteiger partial charge on any atom is -0.465 e. The molecule has 0 aliphatic carbocycles. The van der Waals surface area contributed by atoms with E-state index in [1.165, 1.54) is 11.4 Å². The molecule has 19 heavy (non-hydrogen) atoms. The molecule has 2 heterocycles. The molecular weight excluding hydrogens is 286 g/mol. The van der Waals surface area contributed by atoms with Crippen molar-refractivity contribution in [2.75, 3.05) is 12.8 Å². The van der Waals surface area contributed by atoms with Gasteiger partial charge in [0.25, 0.3) is 10.0 Å². The summed E-state index contributed by atoms with van der Waals surface area (Å²) in [6.45, 7) is 3.62. The molecule has 0 fully saturated rings. The zero-order valence-electron chi connectivity index (χ0n) is 10.9. The Morgan fingerprint density at radius 1 is 1.42 bits per heavy atom. The molecular formula is C11H15N3O3S2. The summed E-state index contributed by atoms with van der Waals surface area (Å²) in [6, 6.07) is 3.56. The normalized spacial score (nSPS) is 12.2. The van der Waals surface area contributed by atoms with Gasteiger partial charge in [-0.05, 0) is 26.0 Å². The average molecular weight is 301 g/mol. The van der Waals surface area contributed by atoms with Gasteiger partial charge < -0.3 is 10.2 Å². The molecule has 0 radical (unpaired) electrons. The van der Waals surface area contributed by atoms with Crippen molar-refractivity contribution in [3.63, 3.8) is 0 Å². The van der Waals surface area contributed by atoms with Gasteiger partial charge in [-0.15, -0.1) is 0 Å². The second kappa shape index (κ2) is 4.95. The standard InChI is InChI=1S/C11H15N3O3S2/c1-7-4-5-9(17-7)6-14(3)19(15,16)10-8(2)13-11(12)18-10/h4-5H,6H2,1-3H3,(H2,12,13). The van der Waals surface area contributed by atoms with Gasteiger partial charge in [-0.1, -0.05) is 11.3 Å². The third-order valence-corrected chi connectivity index (χ3v) is 5.97. The van der Waals surface area contributed by atoms with E-state index in [2.05, 4.69) is 4.98 Å². The van der Waals surface area contributed by atoms with Gasteiger partial charge in [-0.3, -0.25) is 0 Å². The fourth-order valence-corrected chi connectivity index (χ4v) is 4.28. The first-order chi connectivity index (χ1) is 8.80.